The van der Waals surface area contributed by atoms with E-state index < -0.39 is 0 Å². The molecule has 0 saturated carbocycles. The number of hydrogen-bond acceptors (Lipinski definition) is 2. The van der Waals surface area contributed by atoms with Gasteiger partial charge in [-0.15, -0.1) is 0 Å². The van der Waals surface area contributed by atoms with E-state index in [2.05, 4.69) is 10.3 Å². The molecule has 0 spiro atoms. The zero-order valence-corrected chi connectivity index (χ0v) is 8.00. The lowest BCUT2D eigenvalue weighted by Crippen LogP contribution is -2.21. The maximum atomic E-state index is 11.0. The van der Waals surface area contributed by atoms with Crippen LogP contribution in [0.1, 0.15) is 25.9 Å². The molecule has 0 bridgehead atoms. The summed E-state index contributed by atoms with van der Waals surface area (Å²) in [6.07, 6.45) is 4.06. The first-order valence-corrected chi connectivity index (χ1v) is 4.40. The summed E-state index contributed by atoms with van der Waals surface area (Å²) < 4.78 is 0. The lowest BCUT2D eigenvalue weighted by molar-refractivity contribution is -0.120. The number of nitrogens with zero attached hydrogens (tertiary/aromatic N) is 1. The molecule has 3 nitrogen and oxygen atoms in total. The predicted molar refractivity (Wildman–Crippen MR) is 53.2 cm³/mol. The Labute approximate surface area is 79.7 Å². The van der Waals surface area contributed by atoms with Crippen LogP contribution in [0.4, 0.5) is 0 Å². The number of amides is 1. The van der Waals surface area contributed by atoms with Crippen LogP contribution in [0.25, 0.3) is 0 Å². The minimum Gasteiger partial charge on any atom is -0.352 e. The van der Waals surface area contributed by atoms with Crippen LogP contribution in [0.3, 0.4) is 0 Å². The number of hydrogen-bond donors (Lipinski definition) is 1. The van der Waals surface area contributed by atoms with E-state index in [4.69, 9.17) is 0 Å². The molecule has 0 unspecified atom stereocenters. The van der Waals surface area contributed by atoms with E-state index in [0.717, 1.165) is 11.1 Å². The van der Waals surface area contributed by atoms with Crippen LogP contribution in [0.2, 0.25) is 0 Å². The van der Waals surface area contributed by atoms with Gasteiger partial charge in [0.2, 0.25) is 5.91 Å². The van der Waals surface area contributed by atoms with Crippen LogP contribution in [-0.4, -0.2) is 10.9 Å². The minimum atomic E-state index is 0. The number of carbonyl (C=O) groups excluding carboxylic acids is 1. The summed E-state index contributed by atoms with van der Waals surface area (Å²) in [6, 6.07) is 1.94. The maximum absolute atomic E-state index is 11.0. The zero-order valence-electron chi connectivity index (χ0n) is 8.00. The number of carbonyl (C=O) groups is 1. The Morgan fingerprint density at radius 3 is 3.08 bits per heavy atom. The van der Waals surface area contributed by atoms with Crippen LogP contribution < -0.4 is 5.32 Å². The van der Waals surface area contributed by atoms with Gasteiger partial charge in [0.15, 0.2) is 0 Å². The van der Waals surface area contributed by atoms with E-state index in [1.807, 2.05) is 19.9 Å². The first-order valence-electron chi connectivity index (χ1n) is 4.40. The molecule has 1 heterocycles. The Bertz CT molecular complexity index is 302. The monoisotopic (exact) mass is 180 g/mol. The summed E-state index contributed by atoms with van der Waals surface area (Å²) in [5, 5.41) is 2.81. The van der Waals surface area contributed by atoms with Gasteiger partial charge in [-0.05, 0) is 24.1 Å². The Kier molecular flexibility index (Phi) is 3.43. The fourth-order valence-corrected chi connectivity index (χ4v) is 1.00. The third kappa shape index (κ3) is 2.86. The van der Waals surface area contributed by atoms with E-state index in [9.17, 15) is 4.79 Å². The van der Waals surface area contributed by atoms with Gasteiger partial charge >= 0.3 is 0 Å². The van der Waals surface area contributed by atoms with Crippen molar-refractivity contribution in [3.05, 3.63) is 29.6 Å². The van der Waals surface area contributed by atoms with Gasteiger partial charge in [-0.2, -0.15) is 0 Å². The molecule has 0 aliphatic carbocycles. The molecule has 1 N–H and O–H groups in total. The highest BCUT2D eigenvalue weighted by molar-refractivity contribution is 5.75. The van der Waals surface area contributed by atoms with Crippen molar-refractivity contribution in [3.63, 3.8) is 0 Å². The van der Waals surface area contributed by atoms with Crippen LogP contribution in [-0.2, 0) is 11.3 Å². The van der Waals surface area contributed by atoms with Gasteiger partial charge in [-0.1, -0.05) is 6.92 Å². The molecule has 0 fully saturated rings. The van der Waals surface area contributed by atoms with Gasteiger partial charge in [-0.25, -0.2) is 0 Å². The standard InChI is InChI=1S/C10H14N2O.H2/c1-3-10(13)12-7-9-6-11-5-4-8(9)2;/h4-6H,3,7H2,1-2H3,(H,12,13);1H. The molecule has 3 heteroatoms. The average molecular weight is 180 g/mol. The highest BCUT2D eigenvalue weighted by Gasteiger charge is 1.99. The lowest BCUT2D eigenvalue weighted by Gasteiger charge is -2.05. The Morgan fingerprint density at radius 2 is 2.46 bits per heavy atom. The molecular formula is C10H16N2O. The number of aromatic nitrogens is 1. The SMILES string of the molecule is CCC(=O)NCc1cnccc1C.[HH]. The highest BCUT2D eigenvalue weighted by Crippen LogP contribution is 2.03. The largest absolute Gasteiger partial charge is 0.352 e. The fourth-order valence-electron chi connectivity index (χ4n) is 1.00. The summed E-state index contributed by atoms with van der Waals surface area (Å²) in [5.74, 6) is 0.0725. The number of aryl methyl sites for hydroxylation is 1. The fraction of sp³-hybridized carbons (Fsp3) is 0.400. The summed E-state index contributed by atoms with van der Waals surface area (Å²) in [6.45, 7) is 4.42. The smallest absolute Gasteiger partial charge is 0.219 e. The molecule has 0 atom stereocenters. The van der Waals surface area contributed by atoms with Crippen molar-refractivity contribution >= 4 is 5.91 Å². The third-order valence-electron chi connectivity index (χ3n) is 1.94. The van der Waals surface area contributed by atoms with Crippen molar-refractivity contribution in [2.75, 3.05) is 0 Å². The van der Waals surface area contributed by atoms with Crippen molar-refractivity contribution in [2.24, 2.45) is 0 Å². The predicted octanol–water partition coefficient (Wildman–Crippen LogP) is 1.66. The summed E-state index contributed by atoms with van der Waals surface area (Å²) in [7, 11) is 0. The number of nitrogens with one attached hydrogen (secondary N) is 1. The molecule has 0 radical (unpaired) electrons. The van der Waals surface area contributed by atoms with Gasteiger partial charge in [-0.3, -0.25) is 9.78 Å². The molecule has 0 aliphatic heterocycles. The molecule has 13 heavy (non-hydrogen) atoms. The van der Waals surface area contributed by atoms with Gasteiger partial charge < -0.3 is 5.32 Å². The van der Waals surface area contributed by atoms with Crippen molar-refractivity contribution in [1.29, 1.82) is 0 Å². The van der Waals surface area contributed by atoms with Crippen molar-refractivity contribution < 1.29 is 6.22 Å². The maximum Gasteiger partial charge on any atom is 0.219 e. The first kappa shape index (κ1) is 9.71. The van der Waals surface area contributed by atoms with Crippen LogP contribution in [0.15, 0.2) is 18.5 Å². The van der Waals surface area contributed by atoms with Crippen molar-refractivity contribution in [1.82, 2.24) is 10.3 Å². The molecule has 1 aromatic heterocycles. The first-order chi connectivity index (χ1) is 6.24. The molecular weight excluding hydrogens is 164 g/mol. The zero-order chi connectivity index (χ0) is 9.68. The summed E-state index contributed by atoms with van der Waals surface area (Å²) in [5.41, 5.74) is 2.23. The second-order valence-corrected chi connectivity index (χ2v) is 2.93. The normalized spacial score (nSPS) is 9.69. The summed E-state index contributed by atoms with van der Waals surface area (Å²) >= 11 is 0. The van der Waals surface area contributed by atoms with Gasteiger partial charge in [0.25, 0.3) is 0 Å². The van der Waals surface area contributed by atoms with Crippen molar-refractivity contribution in [3.8, 4) is 0 Å². The minimum absolute atomic E-state index is 0. The molecule has 1 aromatic rings. The van der Waals surface area contributed by atoms with E-state index >= 15 is 0 Å². The average Bonchev–Trinajstić information content (AvgIpc) is 2.16. The van der Waals surface area contributed by atoms with Gasteiger partial charge in [0, 0.05) is 26.8 Å². The number of rotatable bonds is 3. The molecule has 1 rings (SSSR count). The Balaban J connectivity index is 0.00000169. The molecule has 0 aromatic carbocycles. The van der Waals surface area contributed by atoms with Crippen molar-refractivity contribution in [2.45, 2.75) is 26.8 Å². The van der Waals surface area contributed by atoms with E-state index in [-0.39, 0.29) is 7.33 Å². The third-order valence-corrected chi connectivity index (χ3v) is 1.94. The molecule has 0 aliphatic rings. The number of pyridine rings is 1. The summed E-state index contributed by atoms with van der Waals surface area (Å²) in [4.78, 5) is 15.0. The van der Waals surface area contributed by atoms with Gasteiger partial charge in [0.05, 0.1) is 0 Å². The van der Waals surface area contributed by atoms with E-state index in [1.54, 1.807) is 12.4 Å². The Morgan fingerprint density at radius 1 is 1.69 bits per heavy atom. The van der Waals surface area contributed by atoms with Crippen LogP contribution in [0, 0.1) is 6.92 Å². The topological polar surface area (TPSA) is 42.0 Å². The second-order valence-electron chi connectivity index (χ2n) is 2.93. The van der Waals surface area contributed by atoms with E-state index in [0.29, 0.717) is 13.0 Å². The molecule has 1 amide bonds. The van der Waals surface area contributed by atoms with Crippen LogP contribution >= 0.6 is 0 Å². The Hall–Kier alpha value is -1.38. The molecule has 72 valence electrons. The lowest BCUT2D eigenvalue weighted by atomic mass is 10.1. The second kappa shape index (κ2) is 4.60. The van der Waals surface area contributed by atoms with Gasteiger partial charge in [0.1, 0.15) is 0 Å². The quantitative estimate of drug-likeness (QED) is 0.768. The van der Waals surface area contributed by atoms with E-state index in [1.165, 1.54) is 0 Å². The highest BCUT2D eigenvalue weighted by atomic mass is 16.1. The molecule has 0 saturated heterocycles. The van der Waals surface area contributed by atoms with Crippen LogP contribution in [0.5, 0.6) is 0 Å².